The number of sulfonamides is 1. The molecule has 1 N–H and O–H groups in total. The molecule has 10 heteroatoms. The molecular weight excluding hydrogens is 505 g/mol. The van der Waals surface area contributed by atoms with Crippen molar-refractivity contribution >= 4 is 39.1 Å². The van der Waals surface area contributed by atoms with Crippen LogP contribution in [0.4, 0.5) is 10.1 Å². The third kappa shape index (κ3) is 7.67. The predicted octanol–water partition coefficient (Wildman–Crippen LogP) is 4.50. The van der Waals surface area contributed by atoms with Gasteiger partial charge in [0.1, 0.15) is 18.4 Å². The summed E-state index contributed by atoms with van der Waals surface area (Å²) in [4.78, 5) is 28.4. The highest BCUT2D eigenvalue weighted by Gasteiger charge is 2.32. The van der Waals surface area contributed by atoms with Gasteiger partial charge in [-0.25, -0.2) is 12.8 Å². The van der Waals surface area contributed by atoms with Crippen LogP contribution in [0.1, 0.15) is 51.0 Å². The van der Waals surface area contributed by atoms with E-state index in [9.17, 15) is 22.4 Å². The Hall–Kier alpha value is -2.65. The molecule has 0 spiro atoms. The van der Waals surface area contributed by atoms with E-state index in [-0.39, 0.29) is 24.2 Å². The van der Waals surface area contributed by atoms with E-state index < -0.39 is 34.3 Å². The van der Waals surface area contributed by atoms with E-state index in [2.05, 4.69) is 5.32 Å². The van der Waals surface area contributed by atoms with Crippen LogP contribution >= 0.6 is 11.6 Å². The lowest BCUT2D eigenvalue weighted by atomic mass is 9.95. The van der Waals surface area contributed by atoms with E-state index >= 15 is 0 Å². The highest BCUT2D eigenvalue weighted by Crippen LogP contribution is 2.22. The number of nitrogens with one attached hydrogen (secondary N) is 1. The fraction of sp³-hybridized carbons (Fsp3) is 0.462. The third-order valence-corrected chi connectivity index (χ3v) is 7.77. The Morgan fingerprint density at radius 2 is 1.78 bits per heavy atom. The van der Waals surface area contributed by atoms with Crippen molar-refractivity contribution in [2.75, 3.05) is 17.1 Å². The molecule has 2 aromatic rings. The van der Waals surface area contributed by atoms with Crippen LogP contribution in [0.2, 0.25) is 5.02 Å². The van der Waals surface area contributed by atoms with Crippen molar-refractivity contribution in [1.29, 1.82) is 0 Å². The van der Waals surface area contributed by atoms with Crippen LogP contribution in [-0.4, -0.2) is 50.0 Å². The van der Waals surface area contributed by atoms with Gasteiger partial charge < -0.3 is 10.2 Å². The lowest BCUT2D eigenvalue weighted by Crippen LogP contribution is -2.53. The predicted molar refractivity (Wildman–Crippen MR) is 140 cm³/mol. The van der Waals surface area contributed by atoms with Crippen molar-refractivity contribution in [1.82, 2.24) is 10.2 Å². The van der Waals surface area contributed by atoms with Crippen molar-refractivity contribution in [3.05, 3.63) is 64.9 Å². The van der Waals surface area contributed by atoms with Crippen molar-refractivity contribution in [2.24, 2.45) is 0 Å². The Kier molecular flexibility index (Phi) is 9.73. The lowest BCUT2D eigenvalue weighted by Gasteiger charge is -2.34. The number of amides is 2. The highest BCUT2D eigenvalue weighted by molar-refractivity contribution is 7.92. The molecule has 36 heavy (non-hydrogen) atoms. The largest absolute Gasteiger partial charge is 0.352 e. The van der Waals surface area contributed by atoms with Gasteiger partial charge >= 0.3 is 0 Å². The topological polar surface area (TPSA) is 86.8 Å². The summed E-state index contributed by atoms with van der Waals surface area (Å²) in [5, 5.41) is 3.62. The smallest absolute Gasteiger partial charge is 0.244 e. The summed E-state index contributed by atoms with van der Waals surface area (Å²) in [7, 11) is -3.92. The van der Waals surface area contributed by atoms with E-state index in [1.165, 1.54) is 23.1 Å². The number of halogens is 2. The molecule has 7 nitrogen and oxygen atoms in total. The number of nitrogens with zero attached hydrogens (tertiary/aromatic N) is 2. The molecule has 0 aliphatic heterocycles. The van der Waals surface area contributed by atoms with Gasteiger partial charge in [-0.2, -0.15) is 0 Å². The molecule has 0 radical (unpaired) electrons. The maximum Gasteiger partial charge on any atom is 0.244 e. The van der Waals surface area contributed by atoms with Gasteiger partial charge in [-0.05, 0) is 55.2 Å². The number of hydrogen-bond acceptors (Lipinski definition) is 4. The van der Waals surface area contributed by atoms with E-state index in [4.69, 9.17) is 11.6 Å². The van der Waals surface area contributed by atoms with Crippen molar-refractivity contribution in [3.8, 4) is 0 Å². The van der Waals surface area contributed by atoms with Gasteiger partial charge in [-0.1, -0.05) is 56.0 Å². The Balaban J connectivity index is 1.90. The average Bonchev–Trinajstić information content (AvgIpc) is 2.83. The van der Waals surface area contributed by atoms with Gasteiger partial charge in [0.25, 0.3) is 0 Å². The van der Waals surface area contributed by atoms with Crippen molar-refractivity contribution in [3.63, 3.8) is 0 Å². The maximum absolute atomic E-state index is 13.9. The second-order valence-corrected chi connectivity index (χ2v) is 11.5. The number of anilines is 1. The summed E-state index contributed by atoms with van der Waals surface area (Å²) in [5.74, 6) is -1.45. The Bertz CT molecular complexity index is 1150. The summed E-state index contributed by atoms with van der Waals surface area (Å²) in [6.07, 6.45) is 6.34. The quantitative estimate of drug-likeness (QED) is 0.483. The molecule has 1 fully saturated rings. The normalized spacial score (nSPS) is 15.2. The first-order chi connectivity index (χ1) is 17.1. The lowest BCUT2D eigenvalue weighted by molar-refractivity contribution is -0.140. The maximum atomic E-state index is 13.9. The van der Waals surface area contributed by atoms with Crippen LogP contribution in [0, 0.1) is 5.82 Å². The molecule has 1 aliphatic carbocycles. The minimum absolute atomic E-state index is 0.0389. The first-order valence-corrected chi connectivity index (χ1v) is 14.4. The van der Waals surface area contributed by atoms with Crippen LogP contribution in [-0.2, 0) is 26.2 Å². The van der Waals surface area contributed by atoms with Crippen LogP contribution in [0.3, 0.4) is 0 Å². The second-order valence-electron chi connectivity index (χ2n) is 9.17. The molecule has 1 saturated carbocycles. The Morgan fingerprint density at radius 1 is 1.11 bits per heavy atom. The van der Waals surface area contributed by atoms with Gasteiger partial charge in [-0.3, -0.25) is 13.9 Å². The zero-order chi connectivity index (χ0) is 26.3. The molecule has 1 atom stereocenters. The van der Waals surface area contributed by atoms with Gasteiger partial charge in [0.2, 0.25) is 21.8 Å². The standard InChI is InChI=1S/C26H33ClFN3O4S/c1-3-24(26(33)29-22-9-5-4-6-10-22)30(17-19-12-14-20(27)15-13-19)25(32)18-31(36(2,34)35)23-11-7-8-21(28)16-23/h7-8,11-16,22,24H,3-6,9-10,17-18H2,1-2H3,(H,29,33). The molecule has 0 aromatic heterocycles. The molecular formula is C26H33ClFN3O4S. The van der Waals surface area contributed by atoms with Crippen LogP contribution < -0.4 is 9.62 Å². The van der Waals surface area contributed by atoms with Crippen molar-refractivity contribution in [2.45, 2.75) is 64.1 Å². The summed E-state index contributed by atoms with van der Waals surface area (Å²) in [5.41, 5.74) is 0.783. The number of hydrogen-bond donors (Lipinski definition) is 1. The monoisotopic (exact) mass is 537 g/mol. The summed E-state index contributed by atoms with van der Waals surface area (Å²) in [6.45, 7) is 1.34. The van der Waals surface area contributed by atoms with Gasteiger partial charge in [0.15, 0.2) is 0 Å². The van der Waals surface area contributed by atoms with Crippen LogP contribution in [0.5, 0.6) is 0 Å². The Labute approximate surface area is 217 Å². The fourth-order valence-electron chi connectivity index (χ4n) is 4.50. The average molecular weight is 538 g/mol. The first-order valence-electron chi connectivity index (χ1n) is 12.2. The van der Waals surface area contributed by atoms with Crippen LogP contribution in [0.15, 0.2) is 48.5 Å². The molecule has 0 heterocycles. The summed E-state index contributed by atoms with van der Waals surface area (Å²) >= 11 is 6.01. The zero-order valence-electron chi connectivity index (χ0n) is 20.6. The summed E-state index contributed by atoms with van der Waals surface area (Å²) < 4.78 is 39.9. The first kappa shape index (κ1) is 27.9. The summed E-state index contributed by atoms with van der Waals surface area (Å²) in [6, 6.07) is 11.2. The molecule has 2 aromatic carbocycles. The molecule has 3 rings (SSSR count). The molecule has 0 saturated heterocycles. The minimum atomic E-state index is -3.92. The number of carbonyl (C=O) groups is 2. The molecule has 1 unspecified atom stereocenters. The van der Waals surface area contributed by atoms with Crippen molar-refractivity contribution < 1.29 is 22.4 Å². The van der Waals surface area contributed by atoms with Gasteiger partial charge in [-0.15, -0.1) is 0 Å². The molecule has 196 valence electrons. The number of carbonyl (C=O) groups excluding carboxylic acids is 2. The van der Waals surface area contributed by atoms with Gasteiger partial charge in [0, 0.05) is 17.6 Å². The second kappa shape index (κ2) is 12.5. The molecule has 1 aliphatic rings. The van der Waals surface area contributed by atoms with E-state index in [1.54, 1.807) is 24.3 Å². The van der Waals surface area contributed by atoms with Crippen LogP contribution in [0.25, 0.3) is 0 Å². The molecule has 0 bridgehead atoms. The Morgan fingerprint density at radius 3 is 2.36 bits per heavy atom. The third-order valence-electron chi connectivity index (χ3n) is 6.38. The SMILES string of the molecule is CCC(C(=O)NC1CCCCC1)N(Cc1ccc(Cl)cc1)C(=O)CN(c1cccc(F)c1)S(C)(=O)=O. The fourth-order valence-corrected chi connectivity index (χ4v) is 5.46. The highest BCUT2D eigenvalue weighted by atomic mass is 35.5. The minimum Gasteiger partial charge on any atom is -0.352 e. The van der Waals surface area contributed by atoms with E-state index in [0.29, 0.717) is 11.4 Å². The molecule has 2 amide bonds. The van der Waals surface area contributed by atoms with E-state index in [1.807, 2.05) is 6.92 Å². The number of benzene rings is 2. The number of rotatable bonds is 10. The van der Waals surface area contributed by atoms with Gasteiger partial charge in [0.05, 0.1) is 11.9 Å². The zero-order valence-corrected chi connectivity index (χ0v) is 22.2. The van der Waals surface area contributed by atoms with E-state index in [0.717, 1.165) is 54.3 Å².